The summed E-state index contributed by atoms with van der Waals surface area (Å²) in [5, 5.41) is 1.93. The molecule has 0 radical (unpaired) electrons. The van der Waals surface area contributed by atoms with Crippen molar-refractivity contribution in [1.82, 2.24) is 4.31 Å². The van der Waals surface area contributed by atoms with Gasteiger partial charge < -0.3 is 0 Å². The van der Waals surface area contributed by atoms with Crippen LogP contribution in [0.5, 0.6) is 0 Å². The van der Waals surface area contributed by atoms with Crippen LogP contribution in [-0.2, 0) is 10.0 Å². The van der Waals surface area contributed by atoms with Crippen LogP contribution in [0, 0.1) is 5.82 Å². The van der Waals surface area contributed by atoms with Gasteiger partial charge in [-0.25, -0.2) is 12.8 Å². The second-order valence-corrected chi connectivity index (χ2v) is 7.56. The molecule has 1 atom stereocenters. The summed E-state index contributed by atoms with van der Waals surface area (Å²) >= 11 is 1.54. The van der Waals surface area contributed by atoms with Crippen molar-refractivity contribution in [3.63, 3.8) is 0 Å². The van der Waals surface area contributed by atoms with Crippen molar-refractivity contribution in [2.45, 2.75) is 23.8 Å². The highest BCUT2D eigenvalue weighted by atomic mass is 32.2. The van der Waals surface area contributed by atoms with E-state index in [-0.39, 0.29) is 10.9 Å². The number of sulfonamides is 1. The molecule has 0 spiro atoms. The molecule has 1 aromatic heterocycles. The molecule has 2 heterocycles. The summed E-state index contributed by atoms with van der Waals surface area (Å²) in [6.45, 7) is 0.444. The van der Waals surface area contributed by atoms with Crippen molar-refractivity contribution >= 4 is 21.4 Å². The van der Waals surface area contributed by atoms with E-state index in [2.05, 4.69) is 0 Å². The second-order valence-electron chi connectivity index (χ2n) is 4.72. The Labute approximate surface area is 121 Å². The first-order valence-electron chi connectivity index (χ1n) is 6.40. The van der Waals surface area contributed by atoms with Gasteiger partial charge in [-0.3, -0.25) is 0 Å². The third kappa shape index (κ3) is 2.28. The molecular weight excluding hydrogens is 297 g/mol. The summed E-state index contributed by atoms with van der Waals surface area (Å²) in [6.07, 6.45) is 1.59. The Morgan fingerprint density at radius 1 is 1.20 bits per heavy atom. The fraction of sp³-hybridized carbons (Fsp3) is 0.286. The Hall–Kier alpha value is -1.24. The molecule has 20 heavy (non-hydrogen) atoms. The molecule has 0 unspecified atom stereocenters. The molecule has 1 aliphatic heterocycles. The van der Waals surface area contributed by atoms with Crippen molar-refractivity contribution in [3.8, 4) is 0 Å². The summed E-state index contributed by atoms with van der Waals surface area (Å²) < 4.78 is 40.5. The number of halogens is 1. The maximum absolute atomic E-state index is 13.8. The number of nitrogens with zero attached hydrogens (tertiary/aromatic N) is 1. The lowest BCUT2D eigenvalue weighted by atomic mass is 10.2. The van der Waals surface area contributed by atoms with Gasteiger partial charge in [-0.05, 0) is 36.4 Å². The highest BCUT2D eigenvalue weighted by Gasteiger charge is 2.37. The van der Waals surface area contributed by atoms with Gasteiger partial charge in [0.1, 0.15) is 10.7 Å². The average Bonchev–Trinajstić information content (AvgIpc) is 3.10. The fourth-order valence-electron chi connectivity index (χ4n) is 2.57. The van der Waals surface area contributed by atoms with Crippen LogP contribution >= 0.6 is 11.3 Å². The molecule has 2 aromatic rings. The lowest BCUT2D eigenvalue weighted by molar-refractivity contribution is 0.397. The Morgan fingerprint density at radius 2 is 2.00 bits per heavy atom. The Bertz CT molecular complexity index is 698. The monoisotopic (exact) mass is 311 g/mol. The van der Waals surface area contributed by atoms with Gasteiger partial charge in [0.05, 0.1) is 6.04 Å². The van der Waals surface area contributed by atoms with Gasteiger partial charge >= 0.3 is 0 Å². The average molecular weight is 311 g/mol. The Morgan fingerprint density at radius 3 is 2.70 bits per heavy atom. The van der Waals surface area contributed by atoms with E-state index < -0.39 is 15.8 Å². The quantitative estimate of drug-likeness (QED) is 0.871. The minimum absolute atomic E-state index is 0.167. The standard InChI is InChI=1S/C14H14FNO2S2/c15-11-5-1-2-8-14(11)20(17,18)16-9-3-6-12(16)13-7-4-10-19-13/h1-2,4-5,7-8,10,12H,3,6,9H2/t12-/m0/s1. The maximum atomic E-state index is 13.8. The van der Waals surface area contributed by atoms with E-state index in [1.165, 1.54) is 33.8 Å². The van der Waals surface area contributed by atoms with Crippen molar-refractivity contribution in [2.75, 3.05) is 6.54 Å². The molecule has 1 aromatic carbocycles. The largest absolute Gasteiger partial charge is 0.246 e. The van der Waals surface area contributed by atoms with Crippen LogP contribution in [0.4, 0.5) is 4.39 Å². The lowest BCUT2D eigenvalue weighted by Crippen LogP contribution is -2.30. The van der Waals surface area contributed by atoms with E-state index in [1.54, 1.807) is 6.07 Å². The van der Waals surface area contributed by atoms with Crippen molar-refractivity contribution in [1.29, 1.82) is 0 Å². The lowest BCUT2D eigenvalue weighted by Gasteiger charge is -2.23. The van der Waals surface area contributed by atoms with Gasteiger partial charge in [0, 0.05) is 11.4 Å². The van der Waals surface area contributed by atoms with Crippen LogP contribution in [0.2, 0.25) is 0 Å². The van der Waals surface area contributed by atoms with Crippen LogP contribution < -0.4 is 0 Å². The van der Waals surface area contributed by atoms with E-state index >= 15 is 0 Å². The SMILES string of the molecule is O=S(=O)(c1ccccc1F)N1CCC[C@H]1c1cccs1. The zero-order valence-corrected chi connectivity index (χ0v) is 12.3. The number of thiophene rings is 1. The van der Waals surface area contributed by atoms with E-state index in [0.29, 0.717) is 6.54 Å². The van der Waals surface area contributed by atoms with Gasteiger partial charge in [0.25, 0.3) is 0 Å². The zero-order chi connectivity index (χ0) is 14.2. The topological polar surface area (TPSA) is 37.4 Å². The summed E-state index contributed by atoms with van der Waals surface area (Å²) in [7, 11) is -3.78. The van der Waals surface area contributed by atoms with Crippen molar-refractivity contribution < 1.29 is 12.8 Å². The molecule has 3 rings (SSSR count). The van der Waals surface area contributed by atoms with Gasteiger partial charge in [0.15, 0.2) is 0 Å². The predicted octanol–water partition coefficient (Wildman–Crippen LogP) is 3.41. The van der Waals surface area contributed by atoms with Crippen LogP contribution in [0.3, 0.4) is 0 Å². The molecule has 1 saturated heterocycles. The van der Waals surface area contributed by atoms with Crippen LogP contribution in [0.25, 0.3) is 0 Å². The Balaban J connectivity index is 2.01. The van der Waals surface area contributed by atoms with E-state index in [0.717, 1.165) is 17.7 Å². The molecular formula is C14H14FNO2S2. The summed E-state index contributed by atoms with van der Waals surface area (Å²) in [5.74, 6) is -0.690. The predicted molar refractivity (Wildman–Crippen MR) is 76.6 cm³/mol. The van der Waals surface area contributed by atoms with Gasteiger partial charge in [-0.1, -0.05) is 18.2 Å². The molecule has 1 fully saturated rings. The molecule has 106 valence electrons. The van der Waals surface area contributed by atoms with Crippen LogP contribution in [0.15, 0.2) is 46.7 Å². The number of rotatable bonds is 3. The molecule has 0 N–H and O–H groups in total. The van der Waals surface area contributed by atoms with E-state index in [4.69, 9.17) is 0 Å². The molecule has 1 aliphatic rings. The molecule has 0 saturated carbocycles. The first-order chi connectivity index (χ1) is 9.60. The third-order valence-corrected chi connectivity index (χ3v) is 6.41. The van der Waals surface area contributed by atoms with Crippen molar-refractivity contribution in [2.24, 2.45) is 0 Å². The summed E-state index contributed by atoms with van der Waals surface area (Å²) in [6, 6.07) is 9.23. The first kappa shape index (κ1) is 13.7. The number of hydrogen-bond acceptors (Lipinski definition) is 3. The molecule has 0 amide bonds. The highest BCUT2D eigenvalue weighted by Crippen LogP contribution is 2.38. The van der Waals surface area contributed by atoms with Gasteiger partial charge in [0.2, 0.25) is 10.0 Å². The molecule has 0 aliphatic carbocycles. The minimum Gasteiger partial charge on any atom is -0.207 e. The van der Waals surface area contributed by atoms with Gasteiger partial charge in [-0.2, -0.15) is 4.31 Å². The highest BCUT2D eigenvalue weighted by molar-refractivity contribution is 7.89. The smallest absolute Gasteiger partial charge is 0.207 e. The number of benzene rings is 1. The summed E-state index contributed by atoms with van der Waals surface area (Å²) in [4.78, 5) is 0.783. The van der Waals surface area contributed by atoms with E-state index in [1.807, 2.05) is 17.5 Å². The third-order valence-electron chi connectivity index (χ3n) is 3.50. The van der Waals surface area contributed by atoms with Gasteiger partial charge in [-0.15, -0.1) is 11.3 Å². The maximum Gasteiger partial charge on any atom is 0.246 e. The normalized spacial score (nSPS) is 20.4. The van der Waals surface area contributed by atoms with Crippen LogP contribution in [-0.4, -0.2) is 19.3 Å². The molecule has 3 nitrogen and oxygen atoms in total. The minimum atomic E-state index is -3.78. The fourth-order valence-corrected chi connectivity index (χ4v) is 5.25. The second kappa shape index (κ2) is 5.27. The van der Waals surface area contributed by atoms with Crippen molar-refractivity contribution in [3.05, 3.63) is 52.5 Å². The van der Waals surface area contributed by atoms with E-state index in [9.17, 15) is 12.8 Å². The zero-order valence-electron chi connectivity index (χ0n) is 10.7. The molecule has 6 heteroatoms. The summed E-state index contributed by atoms with van der Waals surface area (Å²) in [5.41, 5.74) is 0. The Kier molecular flexibility index (Phi) is 3.62. The number of hydrogen-bond donors (Lipinski definition) is 0. The molecule has 0 bridgehead atoms. The van der Waals surface area contributed by atoms with Crippen LogP contribution in [0.1, 0.15) is 23.8 Å². The first-order valence-corrected chi connectivity index (χ1v) is 8.72.